The maximum absolute atomic E-state index is 12.3. The van der Waals surface area contributed by atoms with E-state index in [1.807, 2.05) is 49.4 Å². The molecule has 0 aliphatic rings. The van der Waals surface area contributed by atoms with E-state index in [0.717, 1.165) is 11.1 Å². The lowest BCUT2D eigenvalue weighted by molar-refractivity contribution is 0.440. The van der Waals surface area contributed by atoms with Crippen LogP contribution in [0.15, 0.2) is 95.9 Å². The fourth-order valence-electron chi connectivity index (χ4n) is 4.36. The van der Waals surface area contributed by atoms with Crippen LogP contribution in [-0.4, -0.2) is 23.2 Å². The summed E-state index contributed by atoms with van der Waals surface area (Å²) in [6.45, 7) is 3.96. The van der Waals surface area contributed by atoms with E-state index in [4.69, 9.17) is 0 Å². The first-order valence-electron chi connectivity index (χ1n) is 10.9. The normalized spacial score (nSPS) is 13.4. The minimum Gasteiger partial charge on any atom is -0.508 e. The highest BCUT2D eigenvalue weighted by molar-refractivity contribution is 7.86. The number of phenolic OH excluding ortho intramolecular Hbond substituents is 2. The van der Waals surface area contributed by atoms with E-state index in [0.29, 0.717) is 11.1 Å². The van der Waals surface area contributed by atoms with Crippen LogP contribution in [0.5, 0.6) is 11.5 Å². The van der Waals surface area contributed by atoms with E-state index in [1.165, 1.54) is 23.8 Å². The topological polar surface area (TPSA) is 94.8 Å². The van der Waals surface area contributed by atoms with E-state index < -0.39 is 26.7 Å². The molecule has 0 fully saturated rings. The van der Waals surface area contributed by atoms with Crippen molar-refractivity contribution < 1.29 is 23.2 Å². The first-order valence-corrected chi connectivity index (χ1v) is 12.4. The molecule has 0 bridgehead atoms. The predicted octanol–water partition coefficient (Wildman–Crippen LogP) is 6.32. The van der Waals surface area contributed by atoms with Gasteiger partial charge in [-0.05, 0) is 51.6 Å². The monoisotopic (exact) mass is 474 g/mol. The summed E-state index contributed by atoms with van der Waals surface area (Å²) in [6, 6.07) is 27.3. The van der Waals surface area contributed by atoms with Crippen molar-refractivity contribution in [3.05, 3.63) is 113 Å². The minimum atomic E-state index is -4.71. The Balaban J connectivity index is 1.81. The van der Waals surface area contributed by atoms with Gasteiger partial charge in [0, 0.05) is 11.8 Å². The van der Waals surface area contributed by atoms with Crippen molar-refractivity contribution in [3.63, 3.8) is 0 Å². The third kappa shape index (κ3) is 4.69. The zero-order valence-corrected chi connectivity index (χ0v) is 19.7. The summed E-state index contributed by atoms with van der Waals surface area (Å²) in [7, 11) is -4.71. The fourth-order valence-corrected chi connectivity index (χ4v) is 5.25. The van der Waals surface area contributed by atoms with Gasteiger partial charge in [-0.3, -0.25) is 4.55 Å². The molecule has 0 aromatic heterocycles. The first kappa shape index (κ1) is 23.5. The Labute approximate surface area is 199 Å². The summed E-state index contributed by atoms with van der Waals surface area (Å²) in [5, 5.41) is 20.1. The molecular weight excluding hydrogens is 448 g/mol. The van der Waals surface area contributed by atoms with Gasteiger partial charge in [-0.1, -0.05) is 86.6 Å². The Kier molecular flexibility index (Phi) is 6.46. The molecule has 3 N–H and O–H groups in total. The summed E-state index contributed by atoms with van der Waals surface area (Å²) in [6.07, 6.45) is 0. The lowest BCUT2D eigenvalue weighted by Crippen LogP contribution is -2.09. The third-order valence-electron chi connectivity index (χ3n) is 6.28. The van der Waals surface area contributed by atoms with Gasteiger partial charge in [0.15, 0.2) is 0 Å². The Hall–Kier alpha value is -3.61. The van der Waals surface area contributed by atoms with Crippen LogP contribution in [0.25, 0.3) is 11.1 Å². The lowest BCUT2D eigenvalue weighted by Gasteiger charge is -2.22. The quantitative estimate of drug-likeness (QED) is 0.285. The predicted molar refractivity (Wildman–Crippen MR) is 133 cm³/mol. The average molecular weight is 475 g/mol. The van der Waals surface area contributed by atoms with Crippen LogP contribution in [-0.2, 0) is 10.1 Å². The van der Waals surface area contributed by atoms with Crippen molar-refractivity contribution in [2.45, 2.75) is 30.6 Å². The summed E-state index contributed by atoms with van der Waals surface area (Å²) >= 11 is 0. The number of hydrogen-bond acceptors (Lipinski definition) is 4. The molecule has 2 atom stereocenters. The van der Waals surface area contributed by atoms with Gasteiger partial charge < -0.3 is 10.2 Å². The second-order valence-corrected chi connectivity index (χ2v) is 9.78. The molecule has 0 radical (unpaired) electrons. The Bertz CT molecular complexity index is 1390. The molecule has 0 spiro atoms. The average Bonchev–Trinajstić information content (AvgIpc) is 2.83. The molecule has 34 heavy (non-hydrogen) atoms. The Morgan fingerprint density at radius 2 is 1.18 bits per heavy atom. The number of hydrogen-bond donors (Lipinski definition) is 3. The smallest absolute Gasteiger partial charge is 0.298 e. The summed E-state index contributed by atoms with van der Waals surface area (Å²) in [5.41, 5.74) is 4.63. The Morgan fingerprint density at radius 3 is 1.74 bits per heavy atom. The van der Waals surface area contributed by atoms with Crippen molar-refractivity contribution in [1.82, 2.24) is 0 Å². The summed E-state index contributed by atoms with van der Waals surface area (Å²) < 4.78 is 34.6. The van der Waals surface area contributed by atoms with Gasteiger partial charge in [0.05, 0.1) is 0 Å². The molecule has 0 aliphatic carbocycles. The van der Waals surface area contributed by atoms with E-state index in [2.05, 4.69) is 19.1 Å². The SMILES string of the molecule is CC(c1ccccc1)c1ccc(C(C)c2c(-c3ccc(O)cc3)ccc(O)c2S(=O)(=O)O)cc1. The third-order valence-corrected chi connectivity index (χ3v) is 7.23. The van der Waals surface area contributed by atoms with E-state index in [-0.39, 0.29) is 17.2 Å². The van der Waals surface area contributed by atoms with Crippen molar-refractivity contribution >= 4 is 10.1 Å². The molecule has 4 rings (SSSR count). The van der Waals surface area contributed by atoms with Crippen LogP contribution in [0, 0.1) is 0 Å². The molecule has 4 aromatic rings. The van der Waals surface area contributed by atoms with Crippen LogP contribution in [0.1, 0.15) is 47.9 Å². The van der Waals surface area contributed by atoms with Crippen LogP contribution in [0.4, 0.5) is 0 Å². The van der Waals surface area contributed by atoms with Crippen molar-refractivity contribution in [2.24, 2.45) is 0 Å². The highest BCUT2D eigenvalue weighted by Crippen LogP contribution is 2.42. The van der Waals surface area contributed by atoms with Crippen molar-refractivity contribution in [1.29, 1.82) is 0 Å². The molecule has 0 saturated heterocycles. The molecule has 174 valence electrons. The van der Waals surface area contributed by atoms with Gasteiger partial charge in [-0.25, -0.2) is 0 Å². The fraction of sp³-hybridized carbons (Fsp3) is 0.143. The zero-order valence-electron chi connectivity index (χ0n) is 18.9. The van der Waals surface area contributed by atoms with Crippen molar-refractivity contribution in [2.75, 3.05) is 0 Å². The first-order chi connectivity index (χ1) is 16.2. The number of benzene rings is 4. The van der Waals surface area contributed by atoms with Crippen LogP contribution in [0.3, 0.4) is 0 Å². The van der Waals surface area contributed by atoms with Gasteiger partial charge in [0.2, 0.25) is 0 Å². The number of rotatable bonds is 6. The second kappa shape index (κ2) is 9.33. The summed E-state index contributed by atoms with van der Waals surface area (Å²) in [5.74, 6) is -0.711. The molecule has 0 aliphatic heterocycles. The molecule has 6 heteroatoms. The number of phenols is 2. The maximum Gasteiger partial charge on any atom is 0.298 e. The number of aromatic hydroxyl groups is 2. The maximum atomic E-state index is 12.3. The van der Waals surface area contributed by atoms with Crippen molar-refractivity contribution in [3.8, 4) is 22.6 Å². The Morgan fingerprint density at radius 1 is 0.647 bits per heavy atom. The van der Waals surface area contributed by atoms with Gasteiger partial charge in [0.25, 0.3) is 10.1 Å². The van der Waals surface area contributed by atoms with Gasteiger partial charge in [-0.2, -0.15) is 8.42 Å². The van der Waals surface area contributed by atoms with Gasteiger partial charge >= 0.3 is 0 Å². The molecule has 0 heterocycles. The molecule has 5 nitrogen and oxygen atoms in total. The zero-order chi connectivity index (χ0) is 24.5. The van der Waals surface area contributed by atoms with Crippen LogP contribution >= 0.6 is 0 Å². The minimum absolute atomic E-state index is 0.0789. The molecule has 2 unspecified atom stereocenters. The van der Waals surface area contributed by atoms with E-state index in [9.17, 15) is 23.2 Å². The van der Waals surface area contributed by atoms with E-state index in [1.54, 1.807) is 18.2 Å². The highest BCUT2D eigenvalue weighted by atomic mass is 32.2. The van der Waals surface area contributed by atoms with Gasteiger partial charge in [0.1, 0.15) is 16.4 Å². The molecule has 0 amide bonds. The molecular formula is C28H26O5S. The molecule has 0 saturated carbocycles. The largest absolute Gasteiger partial charge is 0.508 e. The second-order valence-electron chi connectivity index (χ2n) is 8.42. The molecule has 4 aromatic carbocycles. The van der Waals surface area contributed by atoms with E-state index >= 15 is 0 Å². The van der Waals surface area contributed by atoms with Crippen LogP contribution in [0.2, 0.25) is 0 Å². The standard InChI is InChI=1S/C28H26O5S/c1-18(20-6-4-3-5-7-20)21-8-10-22(11-9-21)19(2)27-25(23-12-14-24(29)15-13-23)16-17-26(30)28(27)34(31,32)33/h3-19,29-30H,1-2H3,(H,31,32,33). The lowest BCUT2D eigenvalue weighted by atomic mass is 9.85. The summed E-state index contributed by atoms with van der Waals surface area (Å²) in [4.78, 5) is -0.507. The van der Waals surface area contributed by atoms with Crippen LogP contribution < -0.4 is 0 Å². The highest BCUT2D eigenvalue weighted by Gasteiger charge is 2.28. The van der Waals surface area contributed by atoms with Gasteiger partial charge in [-0.15, -0.1) is 0 Å².